The second-order valence-corrected chi connectivity index (χ2v) is 9.14. The maximum Gasteiger partial charge on any atom is 0.411 e. The lowest BCUT2D eigenvalue weighted by Gasteiger charge is -2.37. The monoisotopic (exact) mass is 458 g/mol. The van der Waals surface area contributed by atoms with E-state index in [0.29, 0.717) is 19.4 Å². The first-order valence-electron chi connectivity index (χ1n) is 11.2. The van der Waals surface area contributed by atoms with Crippen molar-refractivity contribution in [2.75, 3.05) is 18.5 Å². The first-order valence-corrected chi connectivity index (χ1v) is 11.2. The molecule has 2 aromatic carbocycles. The zero-order valence-corrected chi connectivity index (χ0v) is 18.2. The number of nitrogens with one attached hydrogen (secondary N) is 1. The number of aliphatic carboxylic acids is 1. The quantitative estimate of drug-likeness (QED) is 0.589. The predicted octanol–water partition coefficient (Wildman–Crippen LogP) is 4.33. The molecule has 0 unspecified atom stereocenters. The van der Waals surface area contributed by atoms with Crippen LogP contribution in [0.3, 0.4) is 0 Å². The van der Waals surface area contributed by atoms with Gasteiger partial charge in [0.1, 0.15) is 12.1 Å². The summed E-state index contributed by atoms with van der Waals surface area (Å²) in [6, 6.07) is 17.6. The number of fused-ring (bicyclic) bond motifs is 4. The predicted molar refractivity (Wildman–Crippen MR) is 122 cm³/mol. The van der Waals surface area contributed by atoms with Crippen LogP contribution in [0.2, 0.25) is 0 Å². The van der Waals surface area contributed by atoms with Crippen molar-refractivity contribution in [3.63, 3.8) is 0 Å². The fourth-order valence-electron chi connectivity index (χ4n) is 5.69. The average molecular weight is 458 g/mol. The lowest BCUT2D eigenvalue weighted by atomic mass is 9.73. The molecule has 2 aliphatic carbocycles. The van der Waals surface area contributed by atoms with Gasteiger partial charge in [-0.25, -0.2) is 9.59 Å². The molecule has 2 aliphatic heterocycles. The van der Waals surface area contributed by atoms with Gasteiger partial charge in [-0.2, -0.15) is 0 Å². The Bertz CT molecular complexity index is 1280. The van der Waals surface area contributed by atoms with Gasteiger partial charge >= 0.3 is 12.1 Å². The van der Waals surface area contributed by atoms with Gasteiger partial charge in [-0.3, -0.25) is 10.1 Å². The van der Waals surface area contributed by atoms with Crippen molar-refractivity contribution >= 4 is 23.7 Å². The van der Waals surface area contributed by atoms with Gasteiger partial charge in [0, 0.05) is 18.5 Å². The minimum atomic E-state index is -1.17. The molecule has 3 fully saturated rings. The third-order valence-electron chi connectivity index (χ3n) is 7.29. The molecule has 0 atom stereocenters. The van der Waals surface area contributed by atoms with Gasteiger partial charge in [0.25, 0.3) is 5.91 Å². The molecule has 8 nitrogen and oxygen atoms in total. The zero-order valence-electron chi connectivity index (χ0n) is 18.2. The lowest BCUT2D eigenvalue weighted by molar-refractivity contribution is -0.151. The van der Waals surface area contributed by atoms with Crippen LogP contribution in [0.25, 0.3) is 11.1 Å². The third kappa shape index (κ3) is 2.95. The van der Waals surface area contributed by atoms with Crippen molar-refractivity contribution in [3.8, 4) is 11.1 Å². The Morgan fingerprint density at radius 3 is 2.32 bits per heavy atom. The Hall–Kier alpha value is -4.07. The van der Waals surface area contributed by atoms with E-state index in [9.17, 15) is 19.5 Å². The molecule has 0 radical (unpaired) electrons. The molecule has 3 aromatic rings. The summed E-state index contributed by atoms with van der Waals surface area (Å²) >= 11 is 0. The van der Waals surface area contributed by atoms with Crippen molar-refractivity contribution in [1.29, 1.82) is 0 Å². The number of carboxylic acid groups (broad SMARTS) is 1. The van der Waals surface area contributed by atoms with Crippen molar-refractivity contribution < 1.29 is 28.6 Å². The molecule has 2 saturated heterocycles. The molecule has 34 heavy (non-hydrogen) atoms. The van der Waals surface area contributed by atoms with Crippen molar-refractivity contribution in [3.05, 3.63) is 77.7 Å². The van der Waals surface area contributed by atoms with E-state index in [1.807, 2.05) is 36.4 Å². The Morgan fingerprint density at radius 2 is 1.68 bits per heavy atom. The number of amides is 2. The van der Waals surface area contributed by atoms with Crippen LogP contribution in [0.15, 0.2) is 65.3 Å². The molecule has 2 amide bonds. The van der Waals surface area contributed by atoms with Gasteiger partial charge in [-0.05, 0) is 41.0 Å². The van der Waals surface area contributed by atoms with Crippen LogP contribution in [0, 0.1) is 5.92 Å². The summed E-state index contributed by atoms with van der Waals surface area (Å²) in [5, 5.41) is 12.2. The second-order valence-electron chi connectivity index (χ2n) is 9.14. The second kappa shape index (κ2) is 7.48. The minimum Gasteiger partial charge on any atom is -0.479 e. The van der Waals surface area contributed by atoms with Gasteiger partial charge in [0.2, 0.25) is 5.76 Å². The molecule has 3 heterocycles. The summed E-state index contributed by atoms with van der Waals surface area (Å²) in [6.45, 7) is 0.507. The topological polar surface area (TPSA) is 109 Å². The van der Waals surface area contributed by atoms with Gasteiger partial charge in [0.15, 0.2) is 0 Å². The highest BCUT2D eigenvalue weighted by Gasteiger charge is 2.63. The number of furan rings is 1. The summed E-state index contributed by atoms with van der Waals surface area (Å²) in [6.07, 6.45) is 1.48. The molecular formula is C26H22N2O6. The number of hydrogen-bond acceptors (Lipinski definition) is 5. The molecule has 7 rings (SSSR count). The van der Waals surface area contributed by atoms with Crippen LogP contribution in [-0.2, 0) is 9.53 Å². The number of carbonyl (C=O) groups excluding carboxylic acids is 2. The Kier molecular flexibility index (Phi) is 4.52. The molecule has 172 valence electrons. The number of anilines is 1. The van der Waals surface area contributed by atoms with Crippen LogP contribution in [-0.4, -0.2) is 46.7 Å². The number of rotatable bonds is 5. The van der Waals surface area contributed by atoms with E-state index in [1.165, 1.54) is 17.2 Å². The lowest BCUT2D eigenvalue weighted by Crippen LogP contribution is -2.54. The number of carboxylic acids is 1. The maximum absolute atomic E-state index is 13.1. The van der Waals surface area contributed by atoms with Crippen LogP contribution < -0.4 is 5.32 Å². The molecule has 1 saturated carbocycles. The maximum atomic E-state index is 13.1. The highest BCUT2D eigenvalue weighted by Crippen LogP contribution is 2.51. The molecular weight excluding hydrogens is 436 g/mol. The fourth-order valence-corrected chi connectivity index (χ4v) is 5.69. The molecule has 4 aliphatic rings. The largest absolute Gasteiger partial charge is 0.479 e. The number of hydrogen-bond donors (Lipinski definition) is 2. The van der Waals surface area contributed by atoms with Crippen molar-refractivity contribution in [1.82, 2.24) is 4.90 Å². The third-order valence-corrected chi connectivity index (χ3v) is 7.29. The normalized spacial score (nSPS) is 22.0. The van der Waals surface area contributed by atoms with E-state index < -0.39 is 23.5 Å². The molecule has 0 spiro atoms. The van der Waals surface area contributed by atoms with E-state index in [-0.39, 0.29) is 29.9 Å². The molecule has 1 aromatic heterocycles. The summed E-state index contributed by atoms with van der Waals surface area (Å²) in [7, 11) is 0. The summed E-state index contributed by atoms with van der Waals surface area (Å²) in [4.78, 5) is 38.8. The highest BCUT2D eigenvalue weighted by molar-refractivity contribution is 6.03. The zero-order chi connectivity index (χ0) is 23.4. The SMILES string of the molecule is O=C(Nc1ccoc1C(=O)N1CC2CC1(C(=O)O)C2)OCC1c2ccccc2-c2ccccc21. The number of benzene rings is 2. The van der Waals surface area contributed by atoms with E-state index >= 15 is 0 Å². The Morgan fingerprint density at radius 1 is 1.03 bits per heavy atom. The first-order chi connectivity index (χ1) is 16.5. The minimum absolute atomic E-state index is 0.0876. The van der Waals surface area contributed by atoms with E-state index in [0.717, 1.165) is 22.3 Å². The van der Waals surface area contributed by atoms with Gasteiger partial charge in [-0.1, -0.05) is 48.5 Å². The van der Waals surface area contributed by atoms with Gasteiger partial charge in [-0.15, -0.1) is 0 Å². The van der Waals surface area contributed by atoms with Gasteiger partial charge in [0.05, 0.1) is 12.0 Å². The van der Waals surface area contributed by atoms with Crippen molar-refractivity contribution in [2.24, 2.45) is 5.92 Å². The van der Waals surface area contributed by atoms with Gasteiger partial charge < -0.3 is 19.2 Å². The van der Waals surface area contributed by atoms with Crippen molar-refractivity contribution in [2.45, 2.75) is 24.3 Å². The Labute approximate surface area is 195 Å². The number of nitrogens with zero attached hydrogens (tertiary/aromatic N) is 1. The summed E-state index contributed by atoms with van der Waals surface area (Å²) in [5.74, 6) is -1.54. The molecule has 8 heteroatoms. The Balaban J connectivity index is 1.16. The average Bonchev–Trinajstić information content (AvgIpc) is 3.57. The van der Waals surface area contributed by atoms with E-state index in [1.54, 1.807) is 0 Å². The number of ether oxygens (including phenoxy) is 1. The molecule has 2 bridgehead atoms. The van der Waals surface area contributed by atoms with E-state index in [2.05, 4.69) is 17.4 Å². The van der Waals surface area contributed by atoms with Crippen LogP contribution in [0.5, 0.6) is 0 Å². The number of carbonyl (C=O) groups is 3. The summed E-state index contributed by atoms with van der Waals surface area (Å²) in [5.41, 5.74) is 3.45. The van der Waals surface area contributed by atoms with Crippen LogP contribution in [0.4, 0.5) is 10.5 Å². The molecule has 2 N–H and O–H groups in total. The van der Waals surface area contributed by atoms with E-state index in [4.69, 9.17) is 9.15 Å². The van der Waals surface area contributed by atoms with Crippen LogP contribution in [0.1, 0.15) is 40.4 Å². The van der Waals surface area contributed by atoms with Crippen LogP contribution >= 0.6 is 0 Å². The smallest absolute Gasteiger partial charge is 0.411 e. The standard InChI is InChI=1S/C26H22N2O6/c29-23(28-13-15-11-26(28,12-15)24(30)31)22-21(9-10-33-22)27-25(32)34-14-20-18-7-3-1-5-16(18)17-6-2-4-8-19(17)20/h1-10,15,20H,11-14H2,(H,27,32)(H,30,31). The first kappa shape index (κ1) is 20.5. The fraction of sp³-hybridized carbons (Fsp3) is 0.269. The highest BCUT2D eigenvalue weighted by atomic mass is 16.5. The summed E-state index contributed by atoms with van der Waals surface area (Å²) < 4.78 is 10.9.